The fourth-order valence-electron chi connectivity index (χ4n) is 3.95. The summed E-state index contributed by atoms with van der Waals surface area (Å²) in [5.74, 6) is -0.312. The van der Waals surface area contributed by atoms with Crippen LogP contribution < -0.4 is 4.90 Å². The molecule has 0 aliphatic carbocycles. The number of hydrogen-bond donors (Lipinski definition) is 3. The lowest BCUT2D eigenvalue weighted by molar-refractivity contribution is -0.136. The molecule has 0 spiro atoms. The first kappa shape index (κ1) is 19.0. The van der Waals surface area contributed by atoms with E-state index in [1.54, 1.807) is 17.0 Å². The van der Waals surface area contributed by atoms with Crippen molar-refractivity contribution in [3.63, 3.8) is 0 Å². The van der Waals surface area contributed by atoms with Crippen molar-refractivity contribution in [2.24, 2.45) is 0 Å². The number of aromatic hydroxyl groups is 2. The average Bonchev–Trinajstić information content (AvgIpc) is 2.93. The number of phenols is 2. The first-order valence-electron chi connectivity index (χ1n) is 9.59. The first-order chi connectivity index (χ1) is 13.9. The smallest absolute Gasteiger partial charge is 0.264 e. The molecule has 1 atom stereocenters. The molecule has 1 unspecified atom stereocenters. The van der Waals surface area contributed by atoms with E-state index in [4.69, 9.17) is 0 Å². The van der Waals surface area contributed by atoms with Crippen molar-refractivity contribution in [3.8, 4) is 11.5 Å². The van der Waals surface area contributed by atoms with E-state index in [1.807, 2.05) is 43.3 Å². The number of rotatable bonds is 5. The van der Waals surface area contributed by atoms with Gasteiger partial charge in [0.25, 0.3) is 5.91 Å². The first-order valence-corrected chi connectivity index (χ1v) is 9.59. The van der Waals surface area contributed by atoms with Gasteiger partial charge in [-0.05, 0) is 60.7 Å². The Kier molecular flexibility index (Phi) is 4.76. The number of aliphatic hydroxyl groups is 1. The highest BCUT2D eigenvalue weighted by Crippen LogP contribution is 2.44. The highest BCUT2D eigenvalue weighted by atomic mass is 16.3. The topological polar surface area (TPSA) is 81.0 Å². The number of carbonyl (C=O) groups is 1. The molecule has 148 valence electrons. The third-order valence-corrected chi connectivity index (χ3v) is 5.65. The number of hydrogen-bond acceptors (Lipinski definition) is 4. The molecule has 0 saturated heterocycles. The molecule has 3 aromatic carbocycles. The van der Waals surface area contributed by atoms with Crippen LogP contribution in [0.3, 0.4) is 0 Å². The zero-order valence-electron chi connectivity index (χ0n) is 16.2. The Hall–Kier alpha value is -3.31. The number of amides is 1. The van der Waals surface area contributed by atoms with Crippen molar-refractivity contribution in [2.75, 3.05) is 4.90 Å². The maximum absolute atomic E-state index is 13.3. The minimum atomic E-state index is -1.68. The Balaban J connectivity index is 1.66. The molecule has 3 N–H and O–H groups in total. The van der Waals surface area contributed by atoms with Crippen LogP contribution in [0.2, 0.25) is 0 Å². The molecular weight excluding hydrogens is 366 g/mol. The van der Waals surface area contributed by atoms with E-state index in [9.17, 15) is 20.1 Å². The standard InChI is InChI=1S/C24H23NO4/c1-16-6-2-3-7-18(16)15-25-21-9-5-4-8-20(21)24(29,23(25)28)13-12-17-14-19(26)10-11-22(17)27/h2-11,14,26-27,29H,12-13,15H2,1H3. The Labute approximate surface area is 169 Å². The number of fused-ring (bicyclic) bond motifs is 1. The quantitative estimate of drug-likeness (QED) is 0.580. The summed E-state index contributed by atoms with van der Waals surface area (Å²) in [5, 5.41) is 31.1. The summed E-state index contributed by atoms with van der Waals surface area (Å²) in [4.78, 5) is 15.0. The Morgan fingerprint density at radius 3 is 2.45 bits per heavy atom. The van der Waals surface area contributed by atoms with Gasteiger partial charge in [-0.1, -0.05) is 42.5 Å². The molecule has 3 aromatic rings. The van der Waals surface area contributed by atoms with Gasteiger partial charge in [0.05, 0.1) is 12.2 Å². The average molecular weight is 389 g/mol. The zero-order valence-corrected chi connectivity index (χ0v) is 16.2. The molecule has 5 heteroatoms. The lowest BCUT2D eigenvalue weighted by Gasteiger charge is -2.24. The number of anilines is 1. The minimum Gasteiger partial charge on any atom is -0.508 e. The van der Waals surface area contributed by atoms with Crippen LogP contribution in [-0.4, -0.2) is 21.2 Å². The predicted molar refractivity (Wildman–Crippen MR) is 111 cm³/mol. The molecule has 1 heterocycles. The molecule has 1 aliphatic heterocycles. The van der Waals surface area contributed by atoms with E-state index in [1.165, 1.54) is 18.2 Å². The summed E-state index contributed by atoms with van der Waals surface area (Å²) in [5.41, 5.74) is 2.17. The third-order valence-electron chi connectivity index (χ3n) is 5.65. The second kappa shape index (κ2) is 7.26. The summed E-state index contributed by atoms with van der Waals surface area (Å²) >= 11 is 0. The van der Waals surface area contributed by atoms with Gasteiger partial charge >= 0.3 is 0 Å². The molecular formula is C24H23NO4. The van der Waals surface area contributed by atoms with Crippen molar-refractivity contribution < 1.29 is 20.1 Å². The molecule has 0 saturated carbocycles. The van der Waals surface area contributed by atoms with Crippen LogP contribution >= 0.6 is 0 Å². The van der Waals surface area contributed by atoms with Crippen LogP contribution in [0.1, 0.15) is 28.7 Å². The second-order valence-corrected chi connectivity index (χ2v) is 7.51. The van der Waals surface area contributed by atoms with E-state index in [0.29, 0.717) is 23.4 Å². The summed E-state index contributed by atoms with van der Waals surface area (Å²) in [6, 6.07) is 19.4. The molecule has 0 bridgehead atoms. The molecule has 5 nitrogen and oxygen atoms in total. The van der Waals surface area contributed by atoms with Gasteiger partial charge in [0, 0.05) is 5.56 Å². The summed E-state index contributed by atoms with van der Waals surface area (Å²) < 4.78 is 0. The number of carbonyl (C=O) groups excluding carboxylic acids is 1. The van der Waals surface area contributed by atoms with Crippen molar-refractivity contribution in [1.29, 1.82) is 0 Å². The maximum atomic E-state index is 13.3. The number of nitrogens with zero attached hydrogens (tertiary/aromatic N) is 1. The molecule has 1 amide bonds. The van der Waals surface area contributed by atoms with Crippen molar-refractivity contribution in [3.05, 3.63) is 89.0 Å². The molecule has 0 radical (unpaired) electrons. The van der Waals surface area contributed by atoms with Crippen LogP contribution in [-0.2, 0) is 23.4 Å². The van der Waals surface area contributed by atoms with Crippen molar-refractivity contribution in [2.45, 2.75) is 31.9 Å². The van der Waals surface area contributed by atoms with Gasteiger partial charge in [-0.15, -0.1) is 0 Å². The van der Waals surface area contributed by atoms with E-state index >= 15 is 0 Å². The number of benzene rings is 3. The third kappa shape index (κ3) is 3.34. The predicted octanol–water partition coefficient (Wildman–Crippen LogP) is 3.77. The fraction of sp³-hybridized carbons (Fsp3) is 0.208. The Morgan fingerprint density at radius 2 is 1.66 bits per heavy atom. The van der Waals surface area contributed by atoms with E-state index in [-0.39, 0.29) is 30.2 Å². The number of aryl methyl sites for hydroxylation is 2. The molecule has 4 rings (SSSR count). The van der Waals surface area contributed by atoms with Crippen LogP contribution in [0.15, 0.2) is 66.7 Å². The zero-order chi connectivity index (χ0) is 20.6. The fourth-order valence-corrected chi connectivity index (χ4v) is 3.95. The van der Waals surface area contributed by atoms with E-state index in [0.717, 1.165) is 11.1 Å². The highest BCUT2D eigenvalue weighted by Gasteiger charge is 2.49. The number of para-hydroxylation sites is 1. The normalized spacial score (nSPS) is 18.1. The van der Waals surface area contributed by atoms with Gasteiger partial charge in [0.1, 0.15) is 11.5 Å². The SMILES string of the molecule is Cc1ccccc1CN1C(=O)C(O)(CCc2cc(O)ccc2O)c2ccccc21. The van der Waals surface area contributed by atoms with Gasteiger partial charge in [-0.2, -0.15) is 0 Å². The van der Waals surface area contributed by atoms with Gasteiger partial charge in [0.2, 0.25) is 0 Å². The largest absolute Gasteiger partial charge is 0.508 e. The van der Waals surface area contributed by atoms with E-state index in [2.05, 4.69) is 0 Å². The Bertz CT molecular complexity index is 1080. The van der Waals surface area contributed by atoms with Gasteiger partial charge < -0.3 is 20.2 Å². The van der Waals surface area contributed by atoms with E-state index < -0.39 is 5.60 Å². The molecule has 0 fully saturated rings. The summed E-state index contributed by atoms with van der Waals surface area (Å²) in [7, 11) is 0. The van der Waals surface area contributed by atoms with Gasteiger partial charge in [-0.25, -0.2) is 0 Å². The maximum Gasteiger partial charge on any atom is 0.264 e. The lowest BCUT2D eigenvalue weighted by Crippen LogP contribution is -2.40. The van der Waals surface area contributed by atoms with Crippen molar-refractivity contribution in [1.82, 2.24) is 0 Å². The highest BCUT2D eigenvalue weighted by molar-refractivity contribution is 6.06. The van der Waals surface area contributed by atoms with Crippen molar-refractivity contribution >= 4 is 11.6 Å². The van der Waals surface area contributed by atoms with Crippen LogP contribution in [0, 0.1) is 6.92 Å². The van der Waals surface area contributed by atoms with Crippen LogP contribution in [0.5, 0.6) is 11.5 Å². The number of phenolic OH excluding ortho intramolecular Hbond substituents is 2. The molecule has 0 aromatic heterocycles. The monoisotopic (exact) mass is 389 g/mol. The Morgan fingerprint density at radius 1 is 0.931 bits per heavy atom. The summed E-state index contributed by atoms with van der Waals surface area (Å²) in [6.07, 6.45) is 0.346. The minimum absolute atomic E-state index is 0.0295. The lowest BCUT2D eigenvalue weighted by atomic mass is 9.88. The van der Waals surface area contributed by atoms with Gasteiger partial charge in [0.15, 0.2) is 5.60 Å². The molecule has 1 aliphatic rings. The van der Waals surface area contributed by atoms with Crippen LogP contribution in [0.4, 0.5) is 5.69 Å². The summed E-state index contributed by atoms with van der Waals surface area (Å²) in [6.45, 7) is 2.38. The second-order valence-electron chi connectivity index (χ2n) is 7.51. The molecule has 29 heavy (non-hydrogen) atoms. The van der Waals surface area contributed by atoms with Gasteiger partial charge in [-0.3, -0.25) is 4.79 Å². The van der Waals surface area contributed by atoms with Crippen LogP contribution in [0.25, 0.3) is 0 Å².